The molecule has 7 nitrogen and oxygen atoms in total. The van der Waals surface area contributed by atoms with E-state index in [1.54, 1.807) is 0 Å². The number of hydrogen-bond donors (Lipinski definition) is 0. The molecule has 0 saturated carbocycles. The van der Waals surface area contributed by atoms with Gasteiger partial charge in [-0.25, -0.2) is 4.39 Å². The fourth-order valence-electron chi connectivity index (χ4n) is 5.19. The van der Waals surface area contributed by atoms with Crippen molar-refractivity contribution in [2.45, 2.75) is 26.1 Å². The number of halogens is 1. The summed E-state index contributed by atoms with van der Waals surface area (Å²) in [4.78, 5) is 22.2. The smallest absolute Gasteiger partial charge is 0.240 e. The molecule has 0 radical (unpaired) electrons. The van der Waals surface area contributed by atoms with Crippen LogP contribution in [0.5, 0.6) is 5.75 Å². The van der Waals surface area contributed by atoms with E-state index in [1.807, 2.05) is 24.0 Å². The number of rotatable bonds is 5. The van der Waals surface area contributed by atoms with E-state index >= 15 is 0 Å². The molecule has 0 spiro atoms. The molecule has 188 valence electrons. The lowest BCUT2D eigenvalue weighted by atomic mass is 10.1. The van der Waals surface area contributed by atoms with Crippen LogP contribution in [0.2, 0.25) is 0 Å². The summed E-state index contributed by atoms with van der Waals surface area (Å²) in [7, 11) is 0. The van der Waals surface area contributed by atoms with Crippen molar-refractivity contribution in [2.75, 3.05) is 70.5 Å². The SMILES string of the molecule is CC(C(=O)N1CCOc2ccc(CN3CCN(c4ccc(F)cc4)CC3)cc2C1)N1CCOCC1. The zero-order chi connectivity index (χ0) is 24.2. The molecule has 3 aliphatic rings. The van der Waals surface area contributed by atoms with Crippen molar-refractivity contribution in [2.24, 2.45) is 0 Å². The van der Waals surface area contributed by atoms with Crippen molar-refractivity contribution in [3.63, 3.8) is 0 Å². The van der Waals surface area contributed by atoms with Crippen LogP contribution in [0.1, 0.15) is 18.1 Å². The molecule has 8 heteroatoms. The summed E-state index contributed by atoms with van der Waals surface area (Å²) in [6.45, 7) is 11.3. The number of carbonyl (C=O) groups is 1. The second kappa shape index (κ2) is 10.9. The minimum atomic E-state index is -0.199. The highest BCUT2D eigenvalue weighted by molar-refractivity contribution is 5.81. The first-order chi connectivity index (χ1) is 17.1. The van der Waals surface area contributed by atoms with Crippen LogP contribution in [0, 0.1) is 5.82 Å². The van der Waals surface area contributed by atoms with Crippen molar-refractivity contribution in [3.05, 3.63) is 59.4 Å². The molecule has 35 heavy (non-hydrogen) atoms. The maximum Gasteiger partial charge on any atom is 0.240 e. The number of fused-ring (bicyclic) bond motifs is 1. The van der Waals surface area contributed by atoms with Gasteiger partial charge in [0.25, 0.3) is 0 Å². The third-order valence-corrected chi connectivity index (χ3v) is 7.34. The van der Waals surface area contributed by atoms with Gasteiger partial charge in [-0.05, 0) is 48.9 Å². The number of anilines is 1. The predicted octanol–water partition coefficient (Wildman–Crippen LogP) is 2.59. The van der Waals surface area contributed by atoms with Gasteiger partial charge in [-0.3, -0.25) is 14.6 Å². The number of amides is 1. The van der Waals surface area contributed by atoms with Crippen molar-refractivity contribution >= 4 is 11.6 Å². The summed E-state index contributed by atoms with van der Waals surface area (Å²) < 4.78 is 24.7. The standard InChI is InChI=1S/C27H35FN4O3/c1-21(30-12-15-34-16-13-30)27(33)32-14-17-35-26-7-2-22(18-23(26)20-32)19-29-8-10-31(11-9-29)25-5-3-24(28)4-6-25/h2-7,18,21H,8-17,19-20H2,1H3. The van der Waals surface area contributed by atoms with E-state index in [0.29, 0.717) is 32.9 Å². The molecule has 3 aliphatic heterocycles. The fraction of sp³-hybridized carbons (Fsp3) is 0.519. The number of piperazine rings is 1. The maximum atomic E-state index is 13.3. The van der Waals surface area contributed by atoms with Crippen LogP contribution in [-0.4, -0.2) is 92.3 Å². The van der Waals surface area contributed by atoms with Crippen LogP contribution in [0.3, 0.4) is 0 Å². The maximum absolute atomic E-state index is 13.3. The van der Waals surface area contributed by atoms with Gasteiger partial charge in [0, 0.05) is 63.6 Å². The lowest BCUT2D eigenvalue weighted by Gasteiger charge is -2.36. The van der Waals surface area contributed by atoms with Crippen LogP contribution in [0.4, 0.5) is 10.1 Å². The van der Waals surface area contributed by atoms with Gasteiger partial charge in [-0.1, -0.05) is 6.07 Å². The Morgan fingerprint density at radius 1 is 0.943 bits per heavy atom. The molecular formula is C27H35FN4O3. The second-order valence-corrected chi connectivity index (χ2v) is 9.61. The van der Waals surface area contributed by atoms with Gasteiger partial charge in [-0.2, -0.15) is 0 Å². The molecule has 5 rings (SSSR count). The molecule has 1 unspecified atom stereocenters. The Balaban J connectivity index is 1.19. The first kappa shape index (κ1) is 24.0. The third kappa shape index (κ3) is 5.77. The van der Waals surface area contributed by atoms with Gasteiger partial charge in [0.15, 0.2) is 0 Å². The molecule has 0 bridgehead atoms. The molecule has 0 N–H and O–H groups in total. The Labute approximate surface area is 207 Å². The number of morpholine rings is 1. The van der Waals surface area contributed by atoms with Crippen molar-refractivity contribution in [3.8, 4) is 5.75 Å². The third-order valence-electron chi connectivity index (χ3n) is 7.34. The molecule has 1 amide bonds. The average molecular weight is 483 g/mol. The molecular weight excluding hydrogens is 447 g/mol. The van der Waals surface area contributed by atoms with E-state index < -0.39 is 0 Å². The summed E-state index contributed by atoms with van der Waals surface area (Å²) in [5.41, 5.74) is 3.38. The average Bonchev–Trinajstić information content (AvgIpc) is 3.11. The fourth-order valence-corrected chi connectivity index (χ4v) is 5.19. The zero-order valence-electron chi connectivity index (χ0n) is 20.5. The highest BCUT2D eigenvalue weighted by atomic mass is 19.1. The summed E-state index contributed by atoms with van der Waals surface area (Å²) in [5.74, 6) is 0.838. The molecule has 2 aromatic rings. The Hall–Kier alpha value is -2.68. The lowest BCUT2D eigenvalue weighted by Crippen LogP contribution is -2.51. The van der Waals surface area contributed by atoms with Gasteiger partial charge < -0.3 is 19.3 Å². The molecule has 3 heterocycles. The van der Waals surface area contributed by atoms with E-state index in [-0.39, 0.29) is 17.8 Å². The summed E-state index contributed by atoms with van der Waals surface area (Å²) in [6.07, 6.45) is 0. The molecule has 2 saturated heterocycles. The van der Waals surface area contributed by atoms with E-state index in [1.165, 1.54) is 17.7 Å². The monoisotopic (exact) mass is 482 g/mol. The van der Waals surface area contributed by atoms with Crippen molar-refractivity contribution in [1.82, 2.24) is 14.7 Å². The first-order valence-electron chi connectivity index (χ1n) is 12.6. The normalized spacial score (nSPS) is 20.6. The van der Waals surface area contributed by atoms with Gasteiger partial charge in [0.05, 0.1) is 25.8 Å². The quantitative estimate of drug-likeness (QED) is 0.653. The van der Waals surface area contributed by atoms with Crippen LogP contribution >= 0.6 is 0 Å². The van der Waals surface area contributed by atoms with E-state index in [9.17, 15) is 9.18 Å². The molecule has 0 aromatic heterocycles. The van der Waals surface area contributed by atoms with E-state index in [0.717, 1.165) is 62.8 Å². The van der Waals surface area contributed by atoms with Gasteiger partial charge in [-0.15, -0.1) is 0 Å². The Morgan fingerprint density at radius 2 is 1.69 bits per heavy atom. The Bertz CT molecular complexity index is 1000. The van der Waals surface area contributed by atoms with Crippen LogP contribution in [0.25, 0.3) is 0 Å². The van der Waals surface area contributed by atoms with Gasteiger partial charge in [0.2, 0.25) is 5.91 Å². The molecule has 0 aliphatic carbocycles. The van der Waals surface area contributed by atoms with Crippen LogP contribution in [0.15, 0.2) is 42.5 Å². The largest absolute Gasteiger partial charge is 0.491 e. The number of ether oxygens (including phenoxy) is 2. The minimum absolute atomic E-state index is 0.152. The Kier molecular flexibility index (Phi) is 7.51. The highest BCUT2D eigenvalue weighted by Gasteiger charge is 2.29. The van der Waals surface area contributed by atoms with Crippen LogP contribution < -0.4 is 9.64 Å². The van der Waals surface area contributed by atoms with E-state index in [4.69, 9.17) is 9.47 Å². The topological polar surface area (TPSA) is 48.5 Å². The Morgan fingerprint density at radius 3 is 2.43 bits per heavy atom. The number of benzene rings is 2. The summed E-state index contributed by atoms with van der Waals surface area (Å²) >= 11 is 0. The van der Waals surface area contributed by atoms with Crippen molar-refractivity contribution < 1.29 is 18.7 Å². The van der Waals surface area contributed by atoms with Gasteiger partial charge in [0.1, 0.15) is 18.2 Å². The lowest BCUT2D eigenvalue weighted by molar-refractivity contribution is -0.138. The molecule has 2 aromatic carbocycles. The summed E-state index contributed by atoms with van der Waals surface area (Å²) in [6, 6.07) is 13.0. The summed E-state index contributed by atoms with van der Waals surface area (Å²) in [5, 5.41) is 0. The number of hydrogen-bond acceptors (Lipinski definition) is 6. The van der Waals surface area contributed by atoms with Crippen molar-refractivity contribution in [1.29, 1.82) is 0 Å². The first-order valence-corrected chi connectivity index (χ1v) is 12.6. The molecule has 2 fully saturated rings. The highest BCUT2D eigenvalue weighted by Crippen LogP contribution is 2.26. The van der Waals surface area contributed by atoms with Gasteiger partial charge >= 0.3 is 0 Å². The van der Waals surface area contributed by atoms with E-state index in [2.05, 4.69) is 32.9 Å². The predicted molar refractivity (Wildman–Crippen MR) is 133 cm³/mol. The van der Waals surface area contributed by atoms with Crippen LogP contribution in [-0.2, 0) is 22.6 Å². The minimum Gasteiger partial charge on any atom is -0.491 e. The second-order valence-electron chi connectivity index (χ2n) is 9.61. The number of carbonyl (C=O) groups excluding carboxylic acids is 1. The zero-order valence-corrected chi connectivity index (χ0v) is 20.5. The molecule has 1 atom stereocenters. The number of nitrogens with zero attached hydrogens (tertiary/aromatic N) is 4.